The molecule has 0 fully saturated rings. The van der Waals surface area contributed by atoms with Crippen molar-refractivity contribution in [3.8, 4) is 0 Å². The van der Waals surface area contributed by atoms with Crippen LogP contribution in [-0.4, -0.2) is 14.3 Å². The highest BCUT2D eigenvalue weighted by Gasteiger charge is 2.13. The quantitative estimate of drug-likeness (QED) is 0.322. The van der Waals surface area contributed by atoms with Gasteiger partial charge in [0.25, 0.3) is 10.0 Å². The standard InChI is InChI=1S/C24H25NO3S/c1-19-15-17-22(18-16-19)29(27,28)25-24(26)23-14-8-7-13-21(23)12-6-5-11-20-9-3-2-4-10-20/h2-4,7-10,13-18H,5-6,11-12H2,1H3,(H,25,26)/p-1. The molecule has 0 aliphatic carbocycles. The number of hydrogen-bond donors (Lipinski definition) is 0. The van der Waals surface area contributed by atoms with Crippen LogP contribution in [0, 0.1) is 6.92 Å². The first-order valence-electron chi connectivity index (χ1n) is 9.66. The van der Waals surface area contributed by atoms with E-state index in [1.807, 2.05) is 37.3 Å². The summed E-state index contributed by atoms with van der Waals surface area (Å²) in [5.74, 6) is -0.718. The molecule has 150 valence electrons. The first-order chi connectivity index (χ1) is 14.0. The number of unbranched alkanes of at least 4 members (excludes halogenated alkanes) is 1. The lowest BCUT2D eigenvalue weighted by Crippen LogP contribution is -2.22. The van der Waals surface area contributed by atoms with E-state index in [0.29, 0.717) is 12.0 Å². The minimum Gasteiger partial charge on any atom is -0.858 e. The van der Waals surface area contributed by atoms with E-state index in [2.05, 4.69) is 16.5 Å². The van der Waals surface area contributed by atoms with Crippen molar-refractivity contribution in [2.45, 2.75) is 37.5 Å². The van der Waals surface area contributed by atoms with Gasteiger partial charge in [-0.2, -0.15) is 12.8 Å². The Bertz CT molecular complexity index is 1070. The summed E-state index contributed by atoms with van der Waals surface area (Å²) < 4.78 is 28.5. The van der Waals surface area contributed by atoms with Gasteiger partial charge < -0.3 is 5.11 Å². The predicted octanol–water partition coefficient (Wildman–Crippen LogP) is 4.06. The molecule has 3 aromatic carbocycles. The Morgan fingerprint density at radius 1 is 0.828 bits per heavy atom. The van der Waals surface area contributed by atoms with E-state index in [1.165, 1.54) is 17.7 Å². The Morgan fingerprint density at radius 3 is 2.17 bits per heavy atom. The van der Waals surface area contributed by atoms with Crippen molar-refractivity contribution in [1.29, 1.82) is 0 Å². The van der Waals surface area contributed by atoms with Crippen molar-refractivity contribution in [1.82, 2.24) is 0 Å². The van der Waals surface area contributed by atoms with Gasteiger partial charge >= 0.3 is 0 Å². The maximum Gasteiger partial charge on any atom is 0.281 e. The van der Waals surface area contributed by atoms with Crippen LogP contribution in [0.5, 0.6) is 0 Å². The molecule has 0 heterocycles. The van der Waals surface area contributed by atoms with E-state index in [0.717, 1.165) is 30.4 Å². The van der Waals surface area contributed by atoms with E-state index in [1.54, 1.807) is 24.3 Å². The molecule has 29 heavy (non-hydrogen) atoms. The van der Waals surface area contributed by atoms with Gasteiger partial charge in [0, 0.05) is 5.90 Å². The molecule has 0 unspecified atom stereocenters. The molecule has 0 spiro atoms. The van der Waals surface area contributed by atoms with Crippen molar-refractivity contribution in [3.05, 3.63) is 101 Å². The third-order valence-electron chi connectivity index (χ3n) is 4.77. The maximum atomic E-state index is 12.6. The van der Waals surface area contributed by atoms with Crippen molar-refractivity contribution in [2.24, 2.45) is 4.40 Å². The summed E-state index contributed by atoms with van der Waals surface area (Å²) in [6.45, 7) is 1.87. The smallest absolute Gasteiger partial charge is 0.281 e. The summed E-state index contributed by atoms with van der Waals surface area (Å²) in [6.07, 6.45) is 3.58. The normalized spacial score (nSPS) is 12.1. The molecular weight excluding hydrogens is 382 g/mol. The summed E-state index contributed by atoms with van der Waals surface area (Å²) in [4.78, 5) is 0.0248. The minimum atomic E-state index is -4.03. The predicted molar refractivity (Wildman–Crippen MR) is 114 cm³/mol. The largest absolute Gasteiger partial charge is 0.858 e. The summed E-state index contributed by atoms with van der Waals surface area (Å²) >= 11 is 0. The summed E-state index contributed by atoms with van der Waals surface area (Å²) in [5, 5.41) is 12.6. The summed E-state index contributed by atoms with van der Waals surface area (Å²) in [5.41, 5.74) is 3.41. The average Bonchev–Trinajstić information content (AvgIpc) is 2.72. The van der Waals surface area contributed by atoms with Crippen LogP contribution in [0.3, 0.4) is 0 Å². The lowest BCUT2D eigenvalue weighted by Gasteiger charge is -2.15. The van der Waals surface area contributed by atoms with Gasteiger partial charge in [0.05, 0.1) is 4.90 Å². The van der Waals surface area contributed by atoms with Crippen LogP contribution >= 0.6 is 0 Å². The molecule has 0 amide bonds. The number of benzene rings is 3. The highest BCUT2D eigenvalue weighted by atomic mass is 32.2. The second-order valence-electron chi connectivity index (χ2n) is 7.03. The first kappa shape index (κ1) is 20.8. The molecule has 0 aliphatic heterocycles. The highest BCUT2D eigenvalue weighted by molar-refractivity contribution is 7.90. The lowest BCUT2D eigenvalue weighted by atomic mass is 10.00. The zero-order chi connectivity index (χ0) is 20.7. The molecule has 4 nitrogen and oxygen atoms in total. The summed E-state index contributed by atoms with van der Waals surface area (Å²) in [7, 11) is -4.03. The van der Waals surface area contributed by atoms with Gasteiger partial charge in [-0.25, -0.2) is 0 Å². The number of rotatable bonds is 8. The van der Waals surface area contributed by atoms with E-state index in [4.69, 9.17) is 0 Å². The molecule has 0 bridgehead atoms. The van der Waals surface area contributed by atoms with Gasteiger partial charge in [-0.1, -0.05) is 72.3 Å². The van der Waals surface area contributed by atoms with Crippen LogP contribution in [0.1, 0.15) is 35.1 Å². The van der Waals surface area contributed by atoms with Crippen LogP contribution in [-0.2, 0) is 22.9 Å². The van der Waals surface area contributed by atoms with Crippen LogP contribution < -0.4 is 5.11 Å². The Hall–Kier alpha value is -2.92. The lowest BCUT2D eigenvalue weighted by molar-refractivity contribution is -0.212. The third-order valence-corrected chi connectivity index (χ3v) is 6.05. The fourth-order valence-corrected chi connectivity index (χ4v) is 4.06. The average molecular weight is 407 g/mol. The molecule has 0 saturated heterocycles. The van der Waals surface area contributed by atoms with Gasteiger partial charge in [-0.3, -0.25) is 0 Å². The fraction of sp³-hybridized carbons (Fsp3) is 0.208. The first-order valence-corrected chi connectivity index (χ1v) is 11.1. The Labute approximate surface area is 172 Å². The second-order valence-corrected chi connectivity index (χ2v) is 8.64. The number of nitrogens with zero attached hydrogens (tertiary/aromatic N) is 1. The minimum absolute atomic E-state index is 0.0248. The van der Waals surface area contributed by atoms with Gasteiger partial charge in [0.15, 0.2) is 0 Å². The van der Waals surface area contributed by atoms with E-state index in [9.17, 15) is 13.5 Å². The number of aryl methyl sites for hydroxylation is 3. The van der Waals surface area contributed by atoms with E-state index in [-0.39, 0.29) is 4.90 Å². The topological polar surface area (TPSA) is 69.6 Å². The summed E-state index contributed by atoms with van der Waals surface area (Å²) in [6, 6.07) is 23.7. The van der Waals surface area contributed by atoms with Gasteiger partial charge in [-0.05, 0) is 61.4 Å². The number of sulfonamides is 1. The Morgan fingerprint density at radius 2 is 1.45 bits per heavy atom. The monoisotopic (exact) mass is 406 g/mol. The molecule has 3 aromatic rings. The zero-order valence-electron chi connectivity index (χ0n) is 16.4. The molecule has 5 heteroatoms. The van der Waals surface area contributed by atoms with Crippen LogP contribution in [0.2, 0.25) is 0 Å². The maximum absolute atomic E-state index is 12.6. The van der Waals surface area contributed by atoms with Crippen molar-refractivity contribution in [2.75, 3.05) is 0 Å². The second kappa shape index (κ2) is 9.52. The number of hydrogen-bond acceptors (Lipinski definition) is 3. The Kier molecular flexibility index (Phi) is 6.83. The zero-order valence-corrected chi connectivity index (χ0v) is 17.2. The van der Waals surface area contributed by atoms with Gasteiger partial charge in [0.1, 0.15) is 0 Å². The van der Waals surface area contributed by atoms with Crippen molar-refractivity contribution in [3.63, 3.8) is 0 Å². The van der Waals surface area contributed by atoms with Gasteiger partial charge in [-0.15, -0.1) is 0 Å². The molecule has 0 radical (unpaired) electrons. The molecule has 0 aliphatic rings. The molecular formula is C24H24NO3S-. The molecule has 0 aromatic heterocycles. The van der Waals surface area contributed by atoms with Crippen molar-refractivity contribution < 1.29 is 13.5 Å². The molecule has 3 rings (SSSR count). The molecule has 0 saturated carbocycles. The Balaban J connectivity index is 1.71. The molecule has 0 atom stereocenters. The highest BCUT2D eigenvalue weighted by Crippen LogP contribution is 2.17. The third kappa shape index (κ3) is 5.78. The van der Waals surface area contributed by atoms with E-state index >= 15 is 0 Å². The van der Waals surface area contributed by atoms with Crippen LogP contribution in [0.15, 0.2) is 88.2 Å². The SMILES string of the molecule is Cc1ccc(S(=O)(=O)/N=C(\[O-])c2ccccc2CCCCc2ccccc2)cc1. The fourth-order valence-electron chi connectivity index (χ4n) is 3.16. The van der Waals surface area contributed by atoms with Gasteiger partial charge in [0.2, 0.25) is 0 Å². The molecule has 0 N–H and O–H groups in total. The van der Waals surface area contributed by atoms with Crippen molar-refractivity contribution >= 4 is 15.9 Å². The van der Waals surface area contributed by atoms with Crippen LogP contribution in [0.4, 0.5) is 0 Å². The van der Waals surface area contributed by atoms with E-state index < -0.39 is 15.9 Å². The van der Waals surface area contributed by atoms with Crippen LogP contribution in [0.25, 0.3) is 0 Å².